The number of aromatic nitrogens is 2. The summed E-state index contributed by atoms with van der Waals surface area (Å²) in [6.07, 6.45) is 1.13. The average Bonchev–Trinajstić information content (AvgIpc) is 2.95. The summed E-state index contributed by atoms with van der Waals surface area (Å²) in [5, 5.41) is 6.03. The molecule has 0 N–H and O–H groups in total. The zero-order chi connectivity index (χ0) is 11.8. The zero-order valence-corrected chi connectivity index (χ0v) is 10.8. The van der Waals surface area contributed by atoms with Crippen molar-refractivity contribution in [3.8, 4) is 0 Å². The molecule has 90 valence electrons. The van der Waals surface area contributed by atoms with Crippen LogP contribution in [0.1, 0.15) is 35.1 Å². The summed E-state index contributed by atoms with van der Waals surface area (Å²) >= 11 is 1.86. The van der Waals surface area contributed by atoms with Gasteiger partial charge < -0.3 is 4.52 Å². The minimum Gasteiger partial charge on any atom is -0.338 e. The summed E-state index contributed by atoms with van der Waals surface area (Å²) in [7, 11) is 0. The van der Waals surface area contributed by atoms with Crippen LogP contribution in [0, 0.1) is 6.92 Å². The van der Waals surface area contributed by atoms with E-state index in [2.05, 4.69) is 33.4 Å². The second-order valence-electron chi connectivity index (χ2n) is 4.45. The Bertz CT molecular complexity index is 519. The molecule has 0 radical (unpaired) electrons. The molecule has 1 aliphatic rings. The van der Waals surface area contributed by atoms with Gasteiger partial charge in [0.15, 0.2) is 5.82 Å². The van der Waals surface area contributed by atoms with Crippen molar-refractivity contribution >= 4 is 11.3 Å². The maximum absolute atomic E-state index is 5.25. The van der Waals surface area contributed by atoms with Crippen LogP contribution in [-0.2, 0) is 13.0 Å². The van der Waals surface area contributed by atoms with Crippen LogP contribution in [0.5, 0.6) is 0 Å². The van der Waals surface area contributed by atoms with Gasteiger partial charge >= 0.3 is 0 Å². The van der Waals surface area contributed by atoms with E-state index in [1.165, 1.54) is 10.4 Å². The second-order valence-corrected chi connectivity index (χ2v) is 5.45. The van der Waals surface area contributed by atoms with E-state index in [1.54, 1.807) is 0 Å². The quantitative estimate of drug-likeness (QED) is 0.820. The van der Waals surface area contributed by atoms with Crippen molar-refractivity contribution in [1.82, 2.24) is 15.0 Å². The van der Waals surface area contributed by atoms with Crippen LogP contribution in [0.3, 0.4) is 0 Å². The fourth-order valence-corrected chi connectivity index (χ4v) is 3.13. The SMILES string of the molecule is Cc1noc(C(C)N2CCc3sccc3C2)n1. The molecular weight excluding hydrogens is 234 g/mol. The van der Waals surface area contributed by atoms with Gasteiger partial charge in [0.2, 0.25) is 5.89 Å². The normalized spacial score (nSPS) is 18.0. The Kier molecular flexibility index (Phi) is 2.72. The Morgan fingerprint density at radius 2 is 2.41 bits per heavy atom. The summed E-state index contributed by atoms with van der Waals surface area (Å²) in [5.74, 6) is 1.43. The van der Waals surface area contributed by atoms with Crippen LogP contribution in [-0.4, -0.2) is 21.6 Å². The monoisotopic (exact) mass is 249 g/mol. The molecule has 17 heavy (non-hydrogen) atoms. The highest BCUT2D eigenvalue weighted by Crippen LogP contribution is 2.29. The van der Waals surface area contributed by atoms with Crippen LogP contribution in [0.25, 0.3) is 0 Å². The molecule has 3 rings (SSSR count). The molecule has 2 aromatic heterocycles. The first-order chi connectivity index (χ1) is 8.24. The van der Waals surface area contributed by atoms with E-state index in [4.69, 9.17) is 4.52 Å². The largest absolute Gasteiger partial charge is 0.338 e. The van der Waals surface area contributed by atoms with E-state index >= 15 is 0 Å². The van der Waals surface area contributed by atoms with Crippen molar-refractivity contribution in [2.75, 3.05) is 6.54 Å². The average molecular weight is 249 g/mol. The molecule has 0 aliphatic carbocycles. The van der Waals surface area contributed by atoms with Gasteiger partial charge in [-0.2, -0.15) is 4.98 Å². The molecule has 2 aromatic rings. The third kappa shape index (κ3) is 2.00. The Morgan fingerprint density at radius 1 is 1.53 bits per heavy atom. The number of hydrogen-bond donors (Lipinski definition) is 0. The van der Waals surface area contributed by atoms with Gasteiger partial charge in [0, 0.05) is 18.0 Å². The zero-order valence-electron chi connectivity index (χ0n) is 10.0. The molecule has 0 amide bonds. The van der Waals surface area contributed by atoms with E-state index in [0.29, 0.717) is 5.82 Å². The number of aryl methyl sites for hydroxylation is 1. The predicted molar refractivity (Wildman–Crippen MR) is 65.9 cm³/mol. The first-order valence-electron chi connectivity index (χ1n) is 5.83. The Morgan fingerprint density at radius 3 is 3.18 bits per heavy atom. The van der Waals surface area contributed by atoms with Crippen LogP contribution in [0.15, 0.2) is 16.0 Å². The third-order valence-electron chi connectivity index (χ3n) is 3.29. The molecule has 4 nitrogen and oxygen atoms in total. The molecule has 1 unspecified atom stereocenters. The van der Waals surface area contributed by atoms with Crippen molar-refractivity contribution in [2.24, 2.45) is 0 Å². The minimum absolute atomic E-state index is 0.198. The maximum Gasteiger partial charge on any atom is 0.243 e. The summed E-state index contributed by atoms with van der Waals surface area (Å²) in [6, 6.07) is 2.42. The molecule has 0 saturated carbocycles. The molecule has 0 fully saturated rings. The van der Waals surface area contributed by atoms with E-state index < -0.39 is 0 Å². The van der Waals surface area contributed by atoms with Crippen LogP contribution in [0.2, 0.25) is 0 Å². The van der Waals surface area contributed by atoms with Gasteiger partial charge in [-0.25, -0.2) is 0 Å². The number of thiophene rings is 1. The van der Waals surface area contributed by atoms with Crippen LogP contribution in [0.4, 0.5) is 0 Å². The van der Waals surface area contributed by atoms with Crippen LogP contribution >= 0.6 is 11.3 Å². The lowest BCUT2D eigenvalue weighted by molar-refractivity contribution is 0.159. The van der Waals surface area contributed by atoms with E-state index in [0.717, 1.165) is 25.4 Å². The van der Waals surface area contributed by atoms with Crippen molar-refractivity contribution in [1.29, 1.82) is 0 Å². The maximum atomic E-state index is 5.25. The van der Waals surface area contributed by atoms with E-state index in [9.17, 15) is 0 Å². The van der Waals surface area contributed by atoms with E-state index in [-0.39, 0.29) is 6.04 Å². The topological polar surface area (TPSA) is 42.2 Å². The fourth-order valence-electron chi connectivity index (χ4n) is 2.24. The van der Waals surface area contributed by atoms with Crippen molar-refractivity contribution in [3.05, 3.63) is 33.6 Å². The molecule has 1 atom stereocenters. The number of hydrogen-bond acceptors (Lipinski definition) is 5. The van der Waals surface area contributed by atoms with Gasteiger partial charge in [-0.3, -0.25) is 4.90 Å². The summed E-state index contributed by atoms with van der Waals surface area (Å²) in [4.78, 5) is 8.23. The van der Waals surface area contributed by atoms with Gasteiger partial charge in [-0.1, -0.05) is 5.16 Å². The van der Waals surface area contributed by atoms with Gasteiger partial charge in [0.05, 0.1) is 6.04 Å². The first-order valence-corrected chi connectivity index (χ1v) is 6.71. The van der Waals surface area contributed by atoms with Gasteiger partial charge in [0.1, 0.15) is 0 Å². The molecule has 1 aliphatic heterocycles. The third-order valence-corrected chi connectivity index (χ3v) is 4.31. The van der Waals surface area contributed by atoms with Crippen molar-refractivity contribution in [3.63, 3.8) is 0 Å². The Labute approximate surface area is 104 Å². The minimum atomic E-state index is 0.198. The lowest BCUT2D eigenvalue weighted by atomic mass is 10.1. The van der Waals surface area contributed by atoms with Gasteiger partial charge in [-0.15, -0.1) is 11.3 Å². The molecule has 5 heteroatoms. The highest BCUT2D eigenvalue weighted by Gasteiger charge is 2.25. The molecular formula is C12H15N3OS. The smallest absolute Gasteiger partial charge is 0.243 e. The first kappa shape index (κ1) is 10.9. The molecule has 3 heterocycles. The lowest BCUT2D eigenvalue weighted by Gasteiger charge is -2.30. The molecule has 0 bridgehead atoms. The second kappa shape index (κ2) is 4.23. The highest BCUT2D eigenvalue weighted by molar-refractivity contribution is 7.10. The van der Waals surface area contributed by atoms with Crippen molar-refractivity contribution < 1.29 is 4.52 Å². The summed E-state index contributed by atoms with van der Waals surface area (Å²) < 4.78 is 5.25. The summed E-state index contributed by atoms with van der Waals surface area (Å²) in [6.45, 7) is 6.04. The predicted octanol–water partition coefficient (Wildman–Crippen LogP) is 2.56. The number of rotatable bonds is 2. The highest BCUT2D eigenvalue weighted by atomic mass is 32.1. The van der Waals surface area contributed by atoms with Gasteiger partial charge in [-0.05, 0) is 37.3 Å². The lowest BCUT2D eigenvalue weighted by Crippen LogP contribution is -2.32. The number of nitrogens with zero attached hydrogens (tertiary/aromatic N) is 3. The number of fused-ring (bicyclic) bond motifs is 1. The van der Waals surface area contributed by atoms with Crippen LogP contribution < -0.4 is 0 Å². The summed E-state index contributed by atoms with van der Waals surface area (Å²) in [5.41, 5.74) is 1.45. The Hall–Kier alpha value is -1.20. The molecule has 0 aromatic carbocycles. The molecule has 0 saturated heterocycles. The Balaban J connectivity index is 1.78. The van der Waals surface area contributed by atoms with E-state index in [1.807, 2.05) is 18.3 Å². The molecule has 0 spiro atoms. The van der Waals surface area contributed by atoms with Gasteiger partial charge in [0.25, 0.3) is 0 Å². The fraction of sp³-hybridized carbons (Fsp3) is 0.500. The standard InChI is InChI=1S/C12H15N3OS/c1-8(12-13-9(2)14-16-12)15-5-3-11-10(7-15)4-6-17-11/h4,6,8H,3,5,7H2,1-2H3. The van der Waals surface area contributed by atoms with Crippen molar-refractivity contribution in [2.45, 2.75) is 32.9 Å².